The van der Waals surface area contributed by atoms with Gasteiger partial charge in [0.1, 0.15) is 9.88 Å². The lowest BCUT2D eigenvalue weighted by Crippen LogP contribution is -2.44. The van der Waals surface area contributed by atoms with Crippen LogP contribution in [0.2, 0.25) is 5.02 Å². The van der Waals surface area contributed by atoms with Gasteiger partial charge in [-0.05, 0) is 45.2 Å². The number of amides is 1. The first kappa shape index (κ1) is 18.9. The van der Waals surface area contributed by atoms with Gasteiger partial charge in [0, 0.05) is 23.2 Å². The molecule has 3 rings (SSSR count). The molecular weight excluding hydrogens is 372 g/mol. The molecule has 1 saturated heterocycles. The third-order valence-electron chi connectivity index (χ3n) is 4.50. The van der Waals surface area contributed by atoms with Crippen molar-refractivity contribution in [3.8, 4) is 10.6 Å². The molecule has 1 aliphatic heterocycles. The number of nitrogens with zero attached hydrogens (tertiary/aromatic N) is 2. The van der Waals surface area contributed by atoms with Gasteiger partial charge in [-0.1, -0.05) is 23.7 Å². The van der Waals surface area contributed by atoms with Crippen molar-refractivity contribution in [1.29, 1.82) is 0 Å². The monoisotopic (exact) mass is 392 g/mol. The molecule has 138 valence electrons. The first-order valence-electron chi connectivity index (χ1n) is 8.65. The lowest BCUT2D eigenvalue weighted by atomic mass is 10.0. The maximum absolute atomic E-state index is 12.4. The minimum atomic E-state index is -0.508. The Morgan fingerprint density at radius 1 is 1.38 bits per heavy atom. The smallest absolute Gasteiger partial charge is 0.350 e. The molecule has 0 radical (unpaired) electrons. The van der Waals surface area contributed by atoms with E-state index in [9.17, 15) is 9.59 Å². The average Bonchev–Trinajstić information content (AvgIpc) is 3.02. The number of hydrogen-bond donors (Lipinski definition) is 0. The maximum Gasteiger partial charge on any atom is 0.350 e. The van der Waals surface area contributed by atoms with Crippen LogP contribution in [0.25, 0.3) is 10.6 Å². The van der Waals surface area contributed by atoms with E-state index in [1.165, 1.54) is 11.3 Å². The molecule has 0 spiro atoms. The molecule has 26 heavy (non-hydrogen) atoms. The summed E-state index contributed by atoms with van der Waals surface area (Å²) in [6, 6.07) is 7.52. The summed E-state index contributed by atoms with van der Waals surface area (Å²) in [6.45, 7) is 4.29. The lowest BCUT2D eigenvalue weighted by molar-refractivity contribution is -0.137. The van der Waals surface area contributed by atoms with Crippen LogP contribution in [0, 0.1) is 6.92 Å². The van der Waals surface area contributed by atoms with Crippen LogP contribution in [0.3, 0.4) is 0 Å². The zero-order chi connectivity index (χ0) is 18.7. The lowest BCUT2D eigenvalue weighted by Gasteiger charge is -2.33. The van der Waals surface area contributed by atoms with E-state index in [4.69, 9.17) is 16.3 Å². The van der Waals surface area contributed by atoms with Crippen molar-refractivity contribution in [2.24, 2.45) is 0 Å². The zero-order valence-electron chi connectivity index (χ0n) is 14.8. The number of hydrogen-bond acceptors (Lipinski definition) is 5. The summed E-state index contributed by atoms with van der Waals surface area (Å²) in [5.41, 5.74) is 1.44. The van der Waals surface area contributed by atoms with Crippen LogP contribution in [0.15, 0.2) is 24.3 Å². The van der Waals surface area contributed by atoms with Crippen LogP contribution >= 0.6 is 22.9 Å². The highest BCUT2D eigenvalue weighted by atomic mass is 35.5. The van der Waals surface area contributed by atoms with E-state index in [2.05, 4.69) is 4.98 Å². The highest BCUT2D eigenvalue weighted by Crippen LogP contribution is 2.30. The molecule has 1 aromatic heterocycles. The molecule has 0 unspecified atom stereocenters. The summed E-state index contributed by atoms with van der Waals surface area (Å²) in [5, 5.41) is 1.31. The summed E-state index contributed by atoms with van der Waals surface area (Å²) < 4.78 is 5.26. The summed E-state index contributed by atoms with van der Waals surface area (Å²) in [7, 11) is 0. The second-order valence-corrected chi connectivity index (χ2v) is 7.89. The normalized spacial score (nSPS) is 17.2. The van der Waals surface area contributed by atoms with Crippen molar-refractivity contribution >= 4 is 34.8 Å². The summed E-state index contributed by atoms with van der Waals surface area (Å²) >= 11 is 7.27. The average molecular weight is 393 g/mol. The van der Waals surface area contributed by atoms with E-state index in [1.54, 1.807) is 24.0 Å². The van der Waals surface area contributed by atoms with Gasteiger partial charge in [-0.25, -0.2) is 9.78 Å². The minimum absolute atomic E-state index is 0.136. The Kier molecular flexibility index (Phi) is 5.94. The van der Waals surface area contributed by atoms with E-state index in [0.29, 0.717) is 20.6 Å². The van der Waals surface area contributed by atoms with E-state index in [0.717, 1.165) is 31.4 Å². The van der Waals surface area contributed by atoms with Gasteiger partial charge in [-0.2, -0.15) is 0 Å². The maximum atomic E-state index is 12.4. The fourth-order valence-corrected chi connectivity index (χ4v) is 4.22. The number of carbonyl (C=O) groups is 2. The second kappa shape index (κ2) is 8.18. The number of aryl methyl sites for hydroxylation is 1. The van der Waals surface area contributed by atoms with Crippen molar-refractivity contribution in [2.45, 2.75) is 39.2 Å². The SMILES string of the molecule is Cc1nc(-c2cccc(Cl)c2)sc1C(=O)OCC(=O)N1CCCC[C@H]1C. The Balaban J connectivity index is 1.66. The number of aromatic nitrogens is 1. The third-order valence-corrected chi connectivity index (χ3v) is 5.93. The summed E-state index contributed by atoms with van der Waals surface area (Å²) in [4.78, 5) is 31.4. The number of carbonyl (C=O) groups excluding carboxylic acids is 2. The van der Waals surface area contributed by atoms with E-state index in [-0.39, 0.29) is 18.6 Å². The molecule has 0 saturated carbocycles. The van der Waals surface area contributed by atoms with Gasteiger partial charge in [0.05, 0.1) is 5.69 Å². The van der Waals surface area contributed by atoms with Gasteiger partial charge in [0.2, 0.25) is 0 Å². The standard InChI is InChI=1S/C19H21ClN2O3S/c1-12-6-3-4-9-22(12)16(23)11-25-19(24)17-13(2)21-18(26-17)14-7-5-8-15(20)10-14/h5,7-8,10,12H,3-4,6,9,11H2,1-2H3/t12-/m1/s1. The largest absolute Gasteiger partial charge is 0.451 e. The number of rotatable bonds is 4. The zero-order valence-corrected chi connectivity index (χ0v) is 16.4. The van der Waals surface area contributed by atoms with E-state index in [1.807, 2.05) is 19.1 Å². The minimum Gasteiger partial charge on any atom is -0.451 e. The van der Waals surface area contributed by atoms with Crippen LogP contribution in [0.4, 0.5) is 0 Å². The number of thiazole rings is 1. The Bertz CT molecular complexity index is 821. The second-order valence-electron chi connectivity index (χ2n) is 6.45. The predicted octanol–water partition coefficient (Wildman–Crippen LogP) is 4.33. The molecule has 5 nitrogen and oxygen atoms in total. The molecule has 0 N–H and O–H groups in total. The highest BCUT2D eigenvalue weighted by molar-refractivity contribution is 7.17. The fourth-order valence-electron chi connectivity index (χ4n) is 3.08. The van der Waals surface area contributed by atoms with E-state index >= 15 is 0 Å². The molecule has 0 aliphatic carbocycles. The van der Waals surface area contributed by atoms with Crippen molar-refractivity contribution in [3.05, 3.63) is 39.9 Å². The van der Waals surface area contributed by atoms with Crippen molar-refractivity contribution in [2.75, 3.05) is 13.2 Å². The van der Waals surface area contributed by atoms with Gasteiger partial charge >= 0.3 is 5.97 Å². The van der Waals surface area contributed by atoms with Gasteiger partial charge in [0.15, 0.2) is 6.61 Å². The molecule has 1 fully saturated rings. The third kappa shape index (κ3) is 4.24. The van der Waals surface area contributed by atoms with Crippen molar-refractivity contribution < 1.29 is 14.3 Å². The van der Waals surface area contributed by atoms with Crippen LogP contribution in [-0.4, -0.2) is 41.0 Å². The Morgan fingerprint density at radius 2 is 2.19 bits per heavy atom. The molecule has 2 heterocycles. The van der Waals surface area contributed by atoms with Crippen LogP contribution in [0.1, 0.15) is 41.6 Å². The summed E-state index contributed by atoms with van der Waals surface area (Å²) in [6.07, 6.45) is 3.13. The van der Waals surface area contributed by atoms with Crippen LogP contribution in [-0.2, 0) is 9.53 Å². The molecule has 2 aromatic rings. The predicted molar refractivity (Wildman–Crippen MR) is 103 cm³/mol. The number of ether oxygens (including phenoxy) is 1. The van der Waals surface area contributed by atoms with Gasteiger partial charge in [0.25, 0.3) is 5.91 Å². The number of likely N-dealkylation sites (tertiary alicyclic amines) is 1. The molecule has 1 aromatic carbocycles. The molecule has 7 heteroatoms. The fraction of sp³-hybridized carbons (Fsp3) is 0.421. The van der Waals surface area contributed by atoms with Crippen molar-refractivity contribution in [1.82, 2.24) is 9.88 Å². The van der Waals surface area contributed by atoms with Gasteiger partial charge in [-0.3, -0.25) is 4.79 Å². The Hall–Kier alpha value is -1.92. The number of halogens is 1. The van der Waals surface area contributed by atoms with Crippen LogP contribution in [0.5, 0.6) is 0 Å². The molecule has 1 atom stereocenters. The van der Waals surface area contributed by atoms with E-state index < -0.39 is 5.97 Å². The van der Waals surface area contributed by atoms with Gasteiger partial charge < -0.3 is 9.64 Å². The highest BCUT2D eigenvalue weighted by Gasteiger charge is 2.25. The number of piperidine rings is 1. The number of benzene rings is 1. The number of esters is 1. The molecule has 1 aliphatic rings. The topological polar surface area (TPSA) is 59.5 Å². The quantitative estimate of drug-likeness (QED) is 0.726. The molecular formula is C19H21ClN2O3S. The first-order valence-corrected chi connectivity index (χ1v) is 9.85. The van der Waals surface area contributed by atoms with Crippen molar-refractivity contribution in [3.63, 3.8) is 0 Å². The Morgan fingerprint density at radius 3 is 2.92 bits per heavy atom. The summed E-state index contributed by atoms with van der Waals surface area (Å²) in [5.74, 6) is -0.644. The van der Waals surface area contributed by atoms with Gasteiger partial charge in [-0.15, -0.1) is 11.3 Å². The molecule has 0 bridgehead atoms. The Labute approximate surface area is 161 Å². The molecule has 1 amide bonds. The first-order chi connectivity index (χ1) is 12.5. The van der Waals surface area contributed by atoms with Crippen LogP contribution < -0.4 is 0 Å².